The number of rotatable bonds is 5. The van der Waals surface area contributed by atoms with E-state index < -0.39 is 0 Å². The van der Waals surface area contributed by atoms with E-state index in [2.05, 4.69) is 15.5 Å². The summed E-state index contributed by atoms with van der Waals surface area (Å²) in [6.07, 6.45) is 4.80. The van der Waals surface area contributed by atoms with Crippen molar-refractivity contribution in [2.45, 2.75) is 42.1 Å². The number of hydrogen-bond acceptors (Lipinski definition) is 5. The fourth-order valence-electron chi connectivity index (χ4n) is 2.74. The van der Waals surface area contributed by atoms with Crippen LogP contribution in [0, 0.1) is 0 Å². The first-order valence-corrected chi connectivity index (χ1v) is 8.44. The van der Waals surface area contributed by atoms with E-state index in [1.54, 1.807) is 11.8 Å². The Morgan fingerprint density at radius 1 is 1.33 bits per heavy atom. The standard InChI is InChI=1S/C14H18ClN5S/c15-12-8-4-3-7-11(12)13(9-16)21-14-17-18-19-20(14)10-5-1-2-6-10/h3-4,7-8,10,13H,1-2,5-6,9,16H2. The smallest absolute Gasteiger partial charge is 0.210 e. The molecule has 1 atom stereocenters. The maximum Gasteiger partial charge on any atom is 0.210 e. The summed E-state index contributed by atoms with van der Waals surface area (Å²) < 4.78 is 1.96. The Bertz CT molecular complexity index is 597. The van der Waals surface area contributed by atoms with Crippen LogP contribution < -0.4 is 5.73 Å². The van der Waals surface area contributed by atoms with Gasteiger partial charge in [0.15, 0.2) is 0 Å². The van der Waals surface area contributed by atoms with Crippen molar-refractivity contribution in [2.75, 3.05) is 6.54 Å². The van der Waals surface area contributed by atoms with Crippen LogP contribution in [0.3, 0.4) is 0 Å². The molecule has 21 heavy (non-hydrogen) atoms. The van der Waals surface area contributed by atoms with Gasteiger partial charge in [-0.2, -0.15) is 0 Å². The number of halogens is 1. The van der Waals surface area contributed by atoms with Crippen LogP contribution in [0.15, 0.2) is 29.4 Å². The number of hydrogen-bond donors (Lipinski definition) is 1. The molecule has 1 aliphatic rings. The molecule has 1 saturated carbocycles. The molecule has 1 heterocycles. The van der Waals surface area contributed by atoms with Crippen LogP contribution in [-0.4, -0.2) is 26.8 Å². The van der Waals surface area contributed by atoms with E-state index in [4.69, 9.17) is 17.3 Å². The van der Waals surface area contributed by atoms with Crippen molar-refractivity contribution in [3.8, 4) is 0 Å². The molecular formula is C14H18ClN5S. The maximum atomic E-state index is 6.28. The molecule has 1 unspecified atom stereocenters. The third-order valence-corrected chi connectivity index (χ3v) is 5.40. The zero-order valence-corrected chi connectivity index (χ0v) is 13.2. The SMILES string of the molecule is NCC(Sc1nnnn1C1CCCC1)c1ccccc1Cl. The lowest BCUT2D eigenvalue weighted by Gasteiger charge is -2.17. The van der Waals surface area contributed by atoms with Gasteiger partial charge in [-0.3, -0.25) is 0 Å². The summed E-state index contributed by atoms with van der Waals surface area (Å²) >= 11 is 7.87. The van der Waals surface area contributed by atoms with Gasteiger partial charge >= 0.3 is 0 Å². The molecule has 1 aliphatic carbocycles. The van der Waals surface area contributed by atoms with E-state index in [-0.39, 0.29) is 5.25 Å². The van der Waals surface area contributed by atoms with E-state index in [9.17, 15) is 0 Å². The van der Waals surface area contributed by atoms with Crippen molar-refractivity contribution in [1.82, 2.24) is 20.2 Å². The molecule has 0 amide bonds. The second-order valence-electron chi connectivity index (χ2n) is 5.21. The van der Waals surface area contributed by atoms with Crippen molar-refractivity contribution < 1.29 is 0 Å². The molecule has 0 aliphatic heterocycles. The minimum Gasteiger partial charge on any atom is -0.329 e. The van der Waals surface area contributed by atoms with E-state index in [1.807, 2.05) is 28.9 Å². The average Bonchev–Trinajstić information content (AvgIpc) is 3.16. The van der Waals surface area contributed by atoms with Crippen molar-refractivity contribution in [3.05, 3.63) is 34.9 Å². The Morgan fingerprint density at radius 3 is 2.81 bits per heavy atom. The van der Waals surface area contributed by atoms with E-state index in [0.717, 1.165) is 28.6 Å². The molecule has 0 saturated heterocycles. The number of aromatic nitrogens is 4. The van der Waals surface area contributed by atoms with Crippen molar-refractivity contribution >= 4 is 23.4 Å². The summed E-state index contributed by atoms with van der Waals surface area (Å²) in [6, 6.07) is 8.22. The summed E-state index contributed by atoms with van der Waals surface area (Å²) in [4.78, 5) is 0. The predicted octanol–water partition coefficient (Wildman–Crippen LogP) is 3.23. The molecule has 3 rings (SSSR count). The van der Waals surface area contributed by atoms with Gasteiger partial charge in [-0.25, -0.2) is 4.68 Å². The highest BCUT2D eigenvalue weighted by molar-refractivity contribution is 7.99. The number of nitrogens with zero attached hydrogens (tertiary/aromatic N) is 4. The van der Waals surface area contributed by atoms with E-state index in [1.165, 1.54) is 12.8 Å². The third kappa shape index (κ3) is 3.22. The highest BCUT2D eigenvalue weighted by Gasteiger charge is 2.24. The molecule has 2 N–H and O–H groups in total. The maximum absolute atomic E-state index is 6.28. The fourth-order valence-corrected chi connectivity index (χ4v) is 4.14. The third-order valence-electron chi connectivity index (χ3n) is 3.85. The summed E-state index contributed by atoms with van der Waals surface area (Å²) in [7, 11) is 0. The molecule has 0 radical (unpaired) electrons. The van der Waals surface area contributed by atoms with Crippen LogP contribution in [0.1, 0.15) is 42.5 Å². The topological polar surface area (TPSA) is 69.6 Å². The van der Waals surface area contributed by atoms with Gasteiger partial charge in [0.2, 0.25) is 5.16 Å². The average molecular weight is 324 g/mol. The lowest BCUT2D eigenvalue weighted by molar-refractivity contribution is 0.422. The summed E-state index contributed by atoms with van der Waals surface area (Å²) in [5.41, 5.74) is 6.97. The largest absolute Gasteiger partial charge is 0.329 e. The molecule has 2 aromatic rings. The van der Waals surface area contributed by atoms with E-state index >= 15 is 0 Å². The molecule has 5 nitrogen and oxygen atoms in total. The molecular weight excluding hydrogens is 306 g/mol. The van der Waals surface area contributed by atoms with Crippen LogP contribution >= 0.6 is 23.4 Å². The van der Waals surface area contributed by atoms with Gasteiger partial charge in [-0.1, -0.05) is 54.4 Å². The Kier molecular flexibility index (Phi) is 4.77. The Hall–Kier alpha value is -1.11. The Labute approximate surface area is 133 Å². The zero-order chi connectivity index (χ0) is 14.7. The zero-order valence-electron chi connectivity index (χ0n) is 11.7. The van der Waals surface area contributed by atoms with E-state index in [0.29, 0.717) is 12.6 Å². The summed E-state index contributed by atoms with van der Waals surface area (Å²) in [5, 5.41) is 13.8. The monoisotopic (exact) mass is 323 g/mol. The van der Waals surface area contributed by atoms with Crippen LogP contribution in [0.25, 0.3) is 0 Å². The Morgan fingerprint density at radius 2 is 2.10 bits per heavy atom. The van der Waals surface area contributed by atoms with Crippen LogP contribution in [0.5, 0.6) is 0 Å². The normalized spacial score (nSPS) is 17.2. The van der Waals surface area contributed by atoms with Crippen LogP contribution in [0.4, 0.5) is 0 Å². The number of nitrogens with two attached hydrogens (primary N) is 1. The lowest BCUT2D eigenvalue weighted by Crippen LogP contribution is -2.13. The Balaban J connectivity index is 1.82. The van der Waals surface area contributed by atoms with Crippen molar-refractivity contribution in [1.29, 1.82) is 0 Å². The second-order valence-corrected chi connectivity index (χ2v) is 6.79. The van der Waals surface area contributed by atoms with Gasteiger partial charge in [0.25, 0.3) is 0 Å². The van der Waals surface area contributed by atoms with Crippen LogP contribution in [0.2, 0.25) is 5.02 Å². The summed E-state index contributed by atoms with van der Waals surface area (Å²) in [6.45, 7) is 0.492. The van der Waals surface area contributed by atoms with Crippen molar-refractivity contribution in [3.63, 3.8) is 0 Å². The molecule has 1 aromatic heterocycles. The first-order chi connectivity index (χ1) is 10.3. The first-order valence-electron chi connectivity index (χ1n) is 7.18. The highest BCUT2D eigenvalue weighted by atomic mass is 35.5. The van der Waals surface area contributed by atoms with Crippen LogP contribution in [-0.2, 0) is 0 Å². The van der Waals surface area contributed by atoms with Gasteiger partial charge in [0.1, 0.15) is 0 Å². The number of benzene rings is 1. The quantitative estimate of drug-likeness (QED) is 0.855. The molecule has 112 valence electrons. The molecule has 0 spiro atoms. The minimum absolute atomic E-state index is 0.0600. The molecule has 7 heteroatoms. The van der Waals surface area contributed by atoms with Gasteiger partial charge in [-0.05, 0) is 34.9 Å². The van der Waals surface area contributed by atoms with Gasteiger partial charge in [0.05, 0.1) is 11.3 Å². The molecule has 0 bridgehead atoms. The lowest BCUT2D eigenvalue weighted by atomic mass is 10.1. The second kappa shape index (κ2) is 6.77. The number of thioether (sulfide) groups is 1. The van der Waals surface area contributed by atoms with Gasteiger partial charge in [-0.15, -0.1) is 5.10 Å². The highest BCUT2D eigenvalue weighted by Crippen LogP contribution is 2.38. The minimum atomic E-state index is 0.0600. The van der Waals surface area contributed by atoms with Gasteiger partial charge in [0, 0.05) is 11.6 Å². The predicted molar refractivity (Wildman–Crippen MR) is 84.4 cm³/mol. The fraction of sp³-hybridized carbons (Fsp3) is 0.500. The molecule has 1 aromatic carbocycles. The molecule has 1 fully saturated rings. The first kappa shape index (κ1) is 14.8. The van der Waals surface area contributed by atoms with Gasteiger partial charge < -0.3 is 5.73 Å². The van der Waals surface area contributed by atoms with Crippen molar-refractivity contribution in [2.24, 2.45) is 5.73 Å². The summed E-state index contributed by atoms with van der Waals surface area (Å²) in [5.74, 6) is 0. The number of tetrazole rings is 1.